The van der Waals surface area contributed by atoms with Gasteiger partial charge in [0.05, 0.1) is 5.97 Å². The molecule has 1 heterocycles. The smallest absolute Gasteiger partial charge is 0.256 e. The summed E-state index contributed by atoms with van der Waals surface area (Å²) in [4.78, 5) is 24.8. The maximum Gasteiger partial charge on any atom is 0.256 e. The van der Waals surface area contributed by atoms with Crippen molar-refractivity contribution in [3.8, 4) is 0 Å². The van der Waals surface area contributed by atoms with Gasteiger partial charge in [0.2, 0.25) is 0 Å². The number of carboxylic acid groups (broad SMARTS) is 1. The van der Waals surface area contributed by atoms with Gasteiger partial charge >= 0.3 is 0 Å². The van der Waals surface area contributed by atoms with E-state index in [1.165, 1.54) is 11.3 Å². The molecule has 6 heteroatoms. The van der Waals surface area contributed by atoms with Crippen LogP contribution in [0.15, 0.2) is 24.3 Å². The number of aromatic carboxylic acids is 1. The SMILES string of the molecule is O=C(Nc1sc2c(c1C(=O)[O-])CCCC2)c1cccc(Cl)c1. The predicted octanol–water partition coefficient (Wildman–Crippen LogP) is 2.90. The van der Waals surface area contributed by atoms with Crippen LogP contribution in [0.3, 0.4) is 0 Å². The number of halogens is 1. The lowest BCUT2D eigenvalue weighted by Gasteiger charge is -2.13. The Bertz CT molecular complexity index is 754. The standard InChI is InChI=1S/C16H14ClNO3S/c17-10-5-3-4-9(8-10)14(19)18-15-13(16(20)21)11-6-1-2-7-12(11)22-15/h3-5,8H,1-2,6-7H2,(H,18,19)(H,20,21)/p-1. The van der Waals surface area contributed by atoms with Crippen LogP contribution in [0.25, 0.3) is 0 Å². The fourth-order valence-corrected chi connectivity index (χ4v) is 4.14. The van der Waals surface area contributed by atoms with Gasteiger partial charge < -0.3 is 15.2 Å². The number of aryl methyl sites for hydroxylation is 1. The molecular weight excluding hydrogens is 322 g/mol. The molecule has 1 aromatic heterocycles. The second-order valence-corrected chi connectivity index (χ2v) is 6.71. The number of hydrogen-bond donors (Lipinski definition) is 1. The maximum atomic E-state index is 12.3. The Morgan fingerprint density at radius 3 is 2.73 bits per heavy atom. The molecule has 1 N–H and O–H groups in total. The van der Waals surface area contributed by atoms with Crippen molar-refractivity contribution in [2.45, 2.75) is 25.7 Å². The van der Waals surface area contributed by atoms with Crippen LogP contribution in [-0.2, 0) is 12.8 Å². The third kappa shape index (κ3) is 2.87. The molecule has 22 heavy (non-hydrogen) atoms. The topological polar surface area (TPSA) is 69.2 Å². The van der Waals surface area contributed by atoms with E-state index in [4.69, 9.17) is 11.6 Å². The van der Waals surface area contributed by atoms with Gasteiger partial charge in [-0.3, -0.25) is 4.79 Å². The average Bonchev–Trinajstić information content (AvgIpc) is 2.85. The van der Waals surface area contributed by atoms with E-state index in [1.807, 2.05) is 0 Å². The highest BCUT2D eigenvalue weighted by atomic mass is 35.5. The molecule has 0 bridgehead atoms. The lowest BCUT2D eigenvalue weighted by Crippen LogP contribution is -2.25. The second kappa shape index (κ2) is 6.10. The molecular formula is C16H13ClNO3S-. The highest BCUT2D eigenvalue weighted by Crippen LogP contribution is 2.38. The van der Waals surface area contributed by atoms with Crippen molar-refractivity contribution in [3.63, 3.8) is 0 Å². The van der Waals surface area contributed by atoms with Crippen LogP contribution < -0.4 is 10.4 Å². The van der Waals surface area contributed by atoms with Gasteiger partial charge in [0.1, 0.15) is 5.00 Å². The van der Waals surface area contributed by atoms with E-state index in [-0.39, 0.29) is 11.5 Å². The molecule has 0 atom stereocenters. The number of hydrogen-bond acceptors (Lipinski definition) is 4. The molecule has 1 aliphatic carbocycles. The van der Waals surface area contributed by atoms with Gasteiger partial charge in [-0.15, -0.1) is 11.3 Å². The third-order valence-electron chi connectivity index (χ3n) is 3.69. The molecule has 0 unspecified atom stereocenters. The van der Waals surface area contributed by atoms with Crippen molar-refractivity contribution in [3.05, 3.63) is 50.9 Å². The minimum Gasteiger partial charge on any atom is -0.545 e. The Morgan fingerprint density at radius 2 is 2.00 bits per heavy atom. The Kier molecular flexibility index (Phi) is 4.18. The Balaban J connectivity index is 1.93. The Labute approximate surface area is 136 Å². The van der Waals surface area contributed by atoms with E-state index >= 15 is 0 Å². The van der Waals surface area contributed by atoms with Crippen molar-refractivity contribution in [2.24, 2.45) is 0 Å². The lowest BCUT2D eigenvalue weighted by atomic mass is 9.95. The van der Waals surface area contributed by atoms with Gasteiger partial charge in [0.15, 0.2) is 0 Å². The summed E-state index contributed by atoms with van der Waals surface area (Å²) in [6.45, 7) is 0. The highest BCUT2D eigenvalue weighted by Gasteiger charge is 2.22. The van der Waals surface area contributed by atoms with Crippen LogP contribution in [0.4, 0.5) is 5.00 Å². The summed E-state index contributed by atoms with van der Waals surface area (Å²) in [5.74, 6) is -1.61. The molecule has 1 aliphatic rings. The number of fused-ring (bicyclic) bond motifs is 1. The number of thiophene rings is 1. The number of nitrogens with one attached hydrogen (secondary N) is 1. The van der Waals surface area contributed by atoms with Crippen LogP contribution in [0.1, 0.15) is 44.0 Å². The average molecular weight is 335 g/mol. The first-order valence-corrected chi connectivity index (χ1v) is 8.18. The maximum absolute atomic E-state index is 12.3. The summed E-state index contributed by atoms with van der Waals surface area (Å²) in [5.41, 5.74) is 1.34. The van der Waals surface area contributed by atoms with Crippen molar-refractivity contribution >= 4 is 39.8 Å². The largest absolute Gasteiger partial charge is 0.545 e. The molecule has 0 fully saturated rings. The van der Waals surface area contributed by atoms with Crippen molar-refractivity contribution in [1.29, 1.82) is 0 Å². The minimum atomic E-state index is -1.24. The molecule has 0 radical (unpaired) electrons. The minimum absolute atomic E-state index is 0.134. The zero-order valence-corrected chi connectivity index (χ0v) is 13.2. The summed E-state index contributed by atoms with van der Waals surface area (Å²) in [5, 5.41) is 15.0. The normalized spacial score (nSPS) is 13.5. The second-order valence-electron chi connectivity index (χ2n) is 5.17. The number of benzene rings is 1. The summed E-state index contributed by atoms with van der Waals surface area (Å²) in [6, 6.07) is 6.53. The van der Waals surface area contributed by atoms with Crippen molar-refractivity contribution in [2.75, 3.05) is 5.32 Å². The fraction of sp³-hybridized carbons (Fsp3) is 0.250. The van der Waals surface area contributed by atoms with Gasteiger partial charge in [-0.1, -0.05) is 17.7 Å². The molecule has 2 aromatic rings. The molecule has 0 spiro atoms. The van der Waals surface area contributed by atoms with E-state index < -0.39 is 5.97 Å². The predicted molar refractivity (Wildman–Crippen MR) is 84.7 cm³/mol. The zero-order chi connectivity index (χ0) is 15.7. The van der Waals surface area contributed by atoms with E-state index in [1.54, 1.807) is 24.3 Å². The van der Waals surface area contributed by atoms with E-state index in [2.05, 4.69) is 5.32 Å². The Morgan fingerprint density at radius 1 is 1.23 bits per heavy atom. The molecule has 3 rings (SSSR count). The molecule has 0 aliphatic heterocycles. The van der Waals surface area contributed by atoms with Gasteiger partial charge in [0, 0.05) is 21.0 Å². The number of carboxylic acids is 1. The molecule has 1 amide bonds. The first-order valence-electron chi connectivity index (χ1n) is 6.99. The zero-order valence-electron chi connectivity index (χ0n) is 11.6. The summed E-state index contributed by atoms with van der Waals surface area (Å²) in [7, 11) is 0. The van der Waals surface area contributed by atoms with Gasteiger partial charge in [-0.05, 0) is 49.4 Å². The fourth-order valence-electron chi connectivity index (χ4n) is 2.67. The summed E-state index contributed by atoms with van der Waals surface area (Å²) in [6.07, 6.45) is 3.59. The van der Waals surface area contributed by atoms with Crippen LogP contribution in [0.5, 0.6) is 0 Å². The molecule has 4 nitrogen and oxygen atoms in total. The van der Waals surface area contributed by atoms with Crippen LogP contribution in [0.2, 0.25) is 5.02 Å². The quantitative estimate of drug-likeness (QED) is 0.938. The summed E-state index contributed by atoms with van der Waals surface area (Å²) >= 11 is 7.21. The van der Waals surface area contributed by atoms with Crippen LogP contribution >= 0.6 is 22.9 Å². The van der Waals surface area contributed by atoms with Gasteiger partial charge in [-0.25, -0.2) is 0 Å². The highest BCUT2D eigenvalue weighted by molar-refractivity contribution is 7.17. The number of anilines is 1. The third-order valence-corrected chi connectivity index (χ3v) is 5.13. The number of amides is 1. The van der Waals surface area contributed by atoms with E-state index in [0.717, 1.165) is 36.1 Å². The van der Waals surface area contributed by atoms with E-state index in [9.17, 15) is 14.7 Å². The summed E-state index contributed by atoms with van der Waals surface area (Å²) < 4.78 is 0. The molecule has 0 saturated carbocycles. The molecule has 1 aromatic carbocycles. The number of rotatable bonds is 3. The van der Waals surface area contributed by atoms with Crippen molar-refractivity contribution in [1.82, 2.24) is 0 Å². The first kappa shape index (κ1) is 15.1. The lowest BCUT2D eigenvalue weighted by molar-refractivity contribution is -0.254. The van der Waals surface area contributed by atoms with E-state index in [0.29, 0.717) is 15.6 Å². The number of carbonyl (C=O) groups excluding carboxylic acids is 2. The molecule has 0 saturated heterocycles. The monoisotopic (exact) mass is 334 g/mol. The van der Waals surface area contributed by atoms with Gasteiger partial charge in [-0.2, -0.15) is 0 Å². The molecule has 114 valence electrons. The first-order chi connectivity index (χ1) is 10.6. The van der Waals surface area contributed by atoms with Crippen molar-refractivity contribution < 1.29 is 14.7 Å². The van der Waals surface area contributed by atoms with Crippen LogP contribution in [0, 0.1) is 0 Å². The van der Waals surface area contributed by atoms with Gasteiger partial charge in [0.25, 0.3) is 5.91 Å². The number of carbonyl (C=O) groups is 2. The Hall–Kier alpha value is -1.85. The van der Waals surface area contributed by atoms with Crippen LogP contribution in [-0.4, -0.2) is 11.9 Å².